The number of benzene rings is 2. The van der Waals surface area contributed by atoms with E-state index in [4.69, 9.17) is 13.9 Å². The molecule has 0 aliphatic carbocycles. The van der Waals surface area contributed by atoms with Gasteiger partial charge in [0.1, 0.15) is 22.8 Å². The average molecular weight is 339 g/mol. The van der Waals surface area contributed by atoms with Crippen LogP contribution in [0.25, 0.3) is 11.0 Å². The highest BCUT2D eigenvalue weighted by molar-refractivity contribution is 5.79. The van der Waals surface area contributed by atoms with E-state index in [-0.39, 0.29) is 18.6 Å². The fraction of sp³-hybridized carbons (Fsp3) is 0.250. The van der Waals surface area contributed by atoms with Crippen LogP contribution in [0.5, 0.6) is 11.5 Å². The van der Waals surface area contributed by atoms with E-state index in [0.717, 1.165) is 22.5 Å². The molecule has 5 nitrogen and oxygen atoms in total. The van der Waals surface area contributed by atoms with E-state index in [0.29, 0.717) is 12.4 Å². The van der Waals surface area contributed by atoms with E-state index in [9.17, 15) is 4.79 Å². The molecule has 1 N–H and O–H groups in total. The molecule has 0 radical (unpaired) electrons. The van der Waals surface area contributed by atoms with Gasteiger partial charge in [0.25, 0.3) is 5.91 Å². The summed E-state index contributed by atoms with van der Waals surface area (Å²) in [6.45, 7) is 4.37. The fourth-order valence-corrected chi connectivity index (χ4v) is 2.52. The van der Waals surface area contributed by atoms with Gasteiger partial charge in [-0.2, -0.15) is 0 Å². The first kappa shape index (κ1) is 16.9. The molecule has 25 heavy (non-hydrogen) atoms. The Hall–Kier alpha value is -2.95. The van der Waals surface area contributed by atoms with Gasteiger partial charge in [-0.15, -0.1) is 0 Å². The Kier molecular flexibility index (Phi) is 5.23. The molecule has 0 spiro atoms. The van der Waals surface area contributed by atoms with Crippen LogP contribution in [-0.4, -0.2) is 19.1 Å². The van der Waals surface area contributed by atoms with Gasteiger partial charge in [0.2, 0.25) is 0 Å². The number of amides is 1. The summed E-state index contributed by atoms with van der Waals surface area (Å²) >= 11 is 0. The Balaban J connectivity index is 1.53. The zero-order chi connectivity index (χ0) is 17.6. The molecule has 1 heterocycles. The van der Waals surface area contributed by atoms with Crippen molar-refractivity contribution < 1.29 is 18.7 Å². The maximum absolute atomic E-state index is 12.1. The molecule has 0 fully saturated rings. The molecule has 2 aromatic carbocycles. The van der Waals surface area contributed by atoms with Gasteiger partial charge in [-0.05, 0) is 50.2 Å². The maximum atomic E-state index is 12.1. The van der Waals surface area contributed by atoms with E-state index >= 15 is 0 Å². The number of furan rings is 1. The summed E-state index contributed by atoms with van der Waals surface area (Å²) in [7, 11) is 0. The van der Waals surface area contributed by atoms with Crippen molar-refractivity contribution in [2.75, 3.05) is 13.2 Å². The molecule has 0 saturated heterocycles. The van der Waals surface area contributed by atoms with Gasteiger partial charge in [0, 0.05) is 5.39 Å². The van der Waals surface area contributed by atoms with Crippen molar-refractivity contribution >= 4 is 16.9 Å². The van der Waals surface area contributed by atoms with Crippen molar-refractivity contribution in [3.8, 4) is 11.5 Å². The maximum Gasteiger partial charge on any atom is 0.258 e. The third kappa shape index (κ3) is 4.32. The standard InChI is InChI=1S/C20H21NO4/c1-3-23-16-8-10-17(11-9-16)24-13-20(22)21-14(2)19-12-15-6-4-5-7-18(15)25-19/h4-12,14H,3,13H2,1-2H3,(H,21,22)/t14-/m0/s1. The lowest BCUT2D eigenvalue weighted by molar-refractivity contribution is -0.123. The number of rotatable bonds is 7. The first-order valence-electron chi connectivity index (χ1n) is 8.29. The monoisotopic (exact) mass is 339 g/mol. The van der Waals surface area contributed by atoms with Gasteiger partial charge >= 0.3 is 0 Å². The quantitative estimate of drug-likeness (QED) is 0.704. The normalized spacial score (nSPS) is 11.9. The summed E-state index contributed by atoms with van der Waals surface area (Å²) in [4.78, 5) is 12.1. The highest BCUT2D eigenvalue weighted by Crippen LogP contribution is 2.23. The van der Waals surface area contributed by atoms with Crippen LogP contribution < -0.4 is 14.8 Å². The molecule has 130 valence electrons. The molecule has 0 aliphatic heterocycles. The molecule has 5 heteroatoms. The predicted molar refractivity (Wildman–Crippen MR) is 95.9 cm³/mol. The van der Waals surface area contributed by atoms with Crippen LogP contribution in [0.3, 0.4) is 0 Å². The summed E-state index contributed by atoms with van der Waals surface area (Å²) in [5, 5.41) is 3.89. The number of para-hydroxylation sites is 1. The van der Waals surface area contributed by atoms with Crippen LogP contribution in [0.1, 0.15) is 25.6 Å². The lowest BCUT2D eigenvalue weighted by Gasteiger charge is -2.12. The Morgan fingerprint density at radius 2 is 1.76 bits per heavy atom. The SMILES string of the molecule is CCOc1ccc(OCC(=O)N[C@@H](C)c2cc3ccccc3o2)cc1. The van der Waals surface area contributed by atoms with Gasteiger partial charge in [-0.3, -0.25) is 4.79 Å². The largest absolute Gasteiger partial charge is 0.494 e. The molecular formula is C20H21NO4. The van der Waals surface area contributed by atoms with Crippen molar-refractivity contribution in [2.24, 2.45) is 0 Å². The Labute approximate surface area is 146 Å². The molecule has 3 rings (SSSR count). The zero-order valence-electron chi connectivity index (χ0n) is 14.3. The topological polar surface area (TPSA) is 60.7 Å². The number of carbonyl (C=O) groups is 1. The van der Waals surface area contributed by atoms with Crippen LogP contribution >= 0.6 is 0 Å². The van der Waals surface area contributed by atoms with Crippen LogP contribution in [0, 0.1) is 0 Å². The Bertz CT molecular complexity index is 805. The van der Waals surface area contributed by atoms with Crippen molar-refractivity contribution in [3.63, 3.8) is 0 Å². The van der Waals surface area contributed by atoms with E-state index in [1.807, 2.05) is 56.3 Å². The van der Waals surface area contributed by atoms with Crippen LogP contribution in [0.15, 0.2) is 59.0 Å². The molecule has 3 aromatic rings. The Morgan fingerprint density at radius 3 is 2.44 bits per heavy atom. The molecule has 1 atom stereocenters. The Morgan fingerprint density at radius 1 is 1.08 bits per heavy atom. The van der Waals surface area contributed by atoms with Gasteiger partial charge in [0.05, 0.1) is 12.6 Å². The van der Waals surface area contributed by atoms with Crippen LogP contribution in [0.4, 0.5) is 0 Å². The van der Waals surface area contributed by atoms with E-state index in [1.54, 1.807) is 12.1 Å². The molecular weight excluding hydrogens is 318 g/mol. The minimum atomic E-state index is -0.233. The summed E-state index contributed by atoms with van der Waals surface area (Å²) in [6, 6.07) is 16.6. The van der Waals surface area contributed by atoms with Crippen molar-refractivity contribution in [1.29, 1.82) is 0 Å². The lowest BCUT2D eigenvalue weighted by atomic mass is 10.2. The first-order valence-corrected chi connectivity index (χ1v) is 8.29. The molecule has 1 aromatic heterocycles. The van der Waals surface area contributed by atoms with Gasteiger partial charge in [0.15, 0.2) is 6.61 Å². The average Bonchev–Trinajstić information content (AvgIpc) is 3.06. The van der Waals surface area contributed by atoms with Crippen molar-refractivity contribution in [2.45, 2.75) is 19.9 Å². The lowest BCUT2D eigenvalue weighted by Crippen LogP contribution is -2.31. The molecule has 0 aliphatic rings. The second-order valence-electron chi connectivity index (χ2n) is 5.67. The minimum Gasteiger partial charge on any atom is -0.494 e. The molecule has 0 bridgehead atoms. The second-order valence-corrected chi connectivity index (χ2v) is 5.67. The molecule has 0 unspecified atom stereocenters. The number of ether oxygens (including phenoxy) is 2. The number of carbonyl (C=O) groups excluding carboxylic acids is 1. The highest BCUT2D eigenvalue weighted by Gasteiger charge is 2.14. The smallest absolute Gasteiger partial charge is 0.258 e. The third-order valence-corrected chi connectivity index (χ3v) is 3.75. The van der Waals surface area contributed by atoms with Crippen LogP contribution in [-0.2, 0) is 4.79 Å². The fourth-order valence-electron chi connectivity index (χ4n) is 2.52. The zero-order valence-corrected chi connectivity index (χ0v) is 14.3. The van der Waals surface area contributed by atoms with E-state index in [2.05, 4.69) is 5.32 Å². The first-order chi connectivity index (χ1) is 12.2. The number of fused-ring (bicyclic) bond motifs is 1. The number of nitrogens with one attached hydrogen (secondary N) is 1. The van der Waals surface area contributed by atoms with Crippen molar-refractivity contribution in [1.82, 2.24) is 5.32 Å². The number of hydrogen-bond acceptors (Lipinski definition) is 4. The van der Waals surface area contributed by atoms with Gasteiger partial charge in [-0.1, -0.05) is 18.2 Å². The van der Waals surface area contributed by atoms with Crippen LogP contribution in [0.2, 0.25) is 0 Å². The second kappa shape index (κ2) is 7.75. The third-order valence-electron chi connectivity index (χ3n) is 3.75. The highest BCUT2D eigenvalue weighted by atomic mass is 16.5. The number of hydrogen-bond donors (Lipinski definition) is 1. The van der Waals surface area contributed by atoms with Gasteiger partial charge < -0.3 is 19.2 Å². The molecule has 1 amide bonds. The summed E-state index contributed by atoms with van der Waals surface area (Å²) in [6.07, 6.45) is 0. The van der Waals surface area contributed by atoms with Gasteiger partial charge in [-0.25, -0.2) is 0 Å². The minimum absolute atomic E-state index is 0.0570. The molecule has 0 saturated carbocycles. The summed E-state index contributed by atoms with van der Waals surface area (Å²) in [5.74, 6) is 1.91. The predicted octanol–water partition coefficient (Wildman–Crippen LogP) is 4.09. The van der Waals surface area contributed by atoms with E-state index < -0.39 is 0 Å². The summed E-state index contributed by atoms with van der Waals surface area (Å²) in [5.41, 5.74) is 0.809. The van der Waals surface area contributed by atoms with Crippen molar-refractivity contribution in [3.05, 3.63) is 60.4 Å². The summed E-state index contributed by atoms with van der Waals surface area (Å²) < 4.78 is 16.6. The van der Waals surface area contributed by atoms with E-state index in [1.165, 1.54) is 0 Å².